The summed E-state index contributed by atoms with van der Waals surface area (Å²) in [7, 11) is 0. The van der Waals surface area contributed by atoms with E-state index >= 15 is 0 Å². The number of nitrogens with two attached hydrogens (primary N) is 1. The lowest BCUT2D eigenvalue weighted by Crippen LogP contribution is -2.09. The molecular formula is C16H22FN3O. The van der Waals surface area contributed by atoms with Crippen molar-refractivity contribution in [2.75, 3.05) is 0 Å². The van der Waals surface area contributed by atoms with Crippen LogP contribution in [-0.2, 0) is 13.2 Å². The van der Waals surface area contributed by atoms with E-state index in [1.807, 2.05) is 16.9 Å². The maximum atomic E-state index is 13.6. The highest BCUT2D eigenvalue weighted by molar-refractivity contribution is 5.34. The molecule has 0 saturated heterocycles. The summed E-state index contributed by atoms with van der Waals surface area (Å²) in [6.45, 7) is 4.71. The zero-order chi connectivity index (χ0) is 15.2. The van der Waals surface area contributed by atoms with Crippen LogP contribution >= 0.6 is 0 Å². The van der Waals surface area contributed by atoms with E-state index in [1.165, 1.54) is 6.07 Å². The van der Waals surface area contributed by atoms with Gasteiger partial charge in [-0.05, 0) is 31.0 Å². The molecule has 0 aliphatic heterocycles. The van der Waals surface area contributed by atoms with Crippen LogP contribution in [0, 0.1) is 5.82 Å². The second-order valence-electron chi connectivity index (χ2n) is 4.97. The molecule has 0 aliphatic rings. The Bertz CT molecular complexity index is 579. The van der Waals surface area contributed by atoms with Gasteiger partial charge in [-0.2, -0.15) is 5.10 Å². The summed E-state index contributed by atoms with van der Waals surface area (Å²) >= 11 is 0. The van der Waals surface area contributed by atoms with Crippen molar-refractivity contribution in [3.05, 3.63) is 47.5 Å². The Morgan fingerprint density at radius 3 is 2.71 bits per heavy atom. The maximum Gasteiger partial charge on any atom is 0.132 e. The van der Waals surface area contributed by atoms with Crippen molar-refractivity contribution in [3.63, 3.8) is 0 Å². The van der Waals surface area contributed by atoms with E-state index in [-0.39, 0.29) is 12.4 Å². The van der Waals surface area contributed by atoms with Crippen LogP contribution in [0.15, 0.2) is 30.5 Å². The van der Waals surface area contributed by atoms with E-state index in [1.54, 1.807) is 12.1 Å². The Kier molecular flexibility index (Phi) is 5.33. The van der Waals surface area contributed by atoms with Crippen LogP contribution in [0.2, 0.25) is 0 Å². The van der Waals surface area contributed by atoms with Crippen molar-refractivity contribution in [2.24, 2.45) is 5.73 Å². The summed E-state index contributed by atoms with van der Waals surface area (Å²) in [4.78, 5) is 0. The third-order valence-electron chi connectivity index (χ3n) is 3.64. The predicted molar refractivity (Wildman–Crippen MR) is 80.5 cm³/mol. The van der Waals surface area contributed by atoms with Gasteiger partial charge in [0.2, 0.25) is 0 Å². The zero-order valence-electron chi connectivity index (χ0n) is 12.6. The van der Waals surface area contributed by atoms with Crippen molar-refractivity contribution in [1.82, 2.24) is 9.78 Å². The molecule has 0 radical (unpaired) electrons. The van der Waals surface area contributed by atoms with Crippen LogP contribution in [0.3, 0.4) is 0 Å². The second-order valence-corrected chi connectivity index (χ2v) is 4.97. The van der Waals surface area contributed by atoms with Crippen molar-refractivity contribution in [3.8, 4) is 5.75 Å². The van der Waals surface area contributed by atoms with Gasteiger partial charge in [-0.1, -0.05) is 19.9 Å². The monoisotopic (exact) mass is 291 g/mol. The highest BCUT2D eigenvalue weighted by Gasteiger charge is 2.10. The van der Waals surface area contributed by atoms with E-state index in [2.05, 4.69) is 18.9 Å². The SMILES string of the molecule is CCC(CC)n1ccc(COc2cccc(F)c2CN)n1. The van der Waals surface area contributed by atoms with Crippen LogP contribution in [0.1, 0.15) is 44.0 Å². The summed E-state index contributed by atoms with van der Waals surface area (Å²) in [5.41, 5.74) is 6.79. The minimum atomic E-state index is -0.336. The number of hydrogen-bond donors (Lipinski definition) is 1. The number of aromatic nitrogens is 2. The normalized spacial score (nSPS) is 11.1. The van der Waals surface area contributed by atoms with Gasteiger partial charge in [-0.15, -0.1) is 0 Å². The smallest absolute Gasteiger partial charge is 0.132 e. The van der Waals surface area contributed by atoms with E-state index < -0.39 is 0 Å². The molecule has 1 aromatic heterocycles. The highest BCUT2D eigenvalue weighted by Crippen LogP contribution is 2.22. The standard InChI is InChI=1S/C16H22FN3O/c1-3-13(4-2)20-9-8-12(19-20)11-21-16-7-5-6-15(17)14(16)10-18/h5-9,13H,3-4,10-11,18H2,1-2H3. The Morgan fingerprint density at radius 1 is 1.29 bits per heavy atom. The van der Waals surface area contributed by atoms with Crippen molar-refractivity contribution < 1.29 is 9.13 Å². The third-order valence-corrected chi connectivity index (χ3v) is 3.64. The van der Waals surface area contributed by atoms with E-state index in [0.717, 1.165) is 18.5 Å². The Hall–Kier alpha value is -1.88. The molecule has 1 aromatic carbocycles. The first kappa shape index (κ1) is 15.5. The molecule has 0 unspecified atom stereocenters. The number of nitrogens with zero attached hydrogens (tertiary/aromatic N) is 2. The average Bonchev–Trinajstić information content (AvgIpc) is 2.95. The first-order chi connectivity index (χ1) is 10.2. The number of hydrogen-bond acceptors (Lipinski definition) is 3. The van der Waals surface area contributed by atoms with E-state index in [4.69, 9.17) is 10.5 Å². The van der Waals surface area contributed by atoms with Crippen LogP contribution in [0.25, 0.3) is 0 Å². The number of halogens is 1. The molecule has 5 heteroatoms. The molecule has 0 bridgehead atoms. The van der Waals surface area contributed by atoms with Crippen LogP contribution in [-0.4, -0.2) is 9.78 Å². The summed E-state index contributed by atoms with van der Waals surface area (Å²) in [5.74, 6) is 0.146. The third kappa shape index (κ3) is 3.61. The van der Waals surface area contributed by atoms with Crippen LogP contribution in [0.4, 0.5) is 4.39 Å². The molecule has 0 atom stereocenters. The minimum absolute atomic E-state index is 0.115. The van der Waals surface area contributed by atoms with Gasteiger partial charge in [0.05, 0.1) is 11.7 Å². The molecule has 0 fully saturated rings. The van der Waals surface area contributed by atoms with Gasteiger partial charge < -0.3 is 10.5 Å². The number of rotatable bonds is 7. The summed E-state index contributed by atoms with van der Waals surface area (Å²) in [6, 6.07) is 7.07. The lowest BCUT2D eigenvalue weighted by atomic mass is 10.2. The lowest BCUT2D eigenvalue weighted by molar-refractivity contribution is 0.292. The Labute approximate surface area is 124 Å². The van der Waals surface area contributed by atoms with Crippen molar-refractivity contribution >= 4 is 0 Å². The molecule has 0 aliphatic carbocycles. The van der Waals surface area contributed by atoms with E-state index in [0.29, 0.717) is 24.0 Å². The quantitative estimate of drug-likeness (QED) is 0.850. The second kappa shape index (κ2) is 7.22. The van der Waals surface area contributed by atoms with Crippen LogP contribution < -0.4 is 10.5 Å². The molecule has 2 aromatic rings. The van der Waals surface area contributed by atoms with Gasteiger partial charge >= 0.3 is 0 Å². The fourth-order valence-corrected chi connectivity index (χ4v) is 2.34. The zero-order valence-corrected chi connectivity index (χ0v) is 12.6. The molecule has 114 valence electrons. The Balaban J connectivity index is 2.05. The molecule has 0 amide bonds. The summed E-state index contributed by atoms with van der Waals surface area (Å²) in [5, 5.41) is 4.51. The topological polar surface area (TPSA) is 53.1 Å². The molecule has 0 spiro atoms. The van der Waals surface area contributed by atoms with Gasteiger partial charge in [0.15, 0.2) is 0 Å². The van der Waals surface area contributed by atoms with Gasteiger partial charge in [-0.3, -0.25) is 4.68 Å². The fraction of sp³-hybridized carbons (Fsp3) is 0.438. The summed E-state index contributed by atoms with van der Waals surface area (Å²) in [6.07, 6.45) is 4.05. The predicted octanol–water partition coefficient (Wildman–Crippen LogP) is 3.42. The van der Waals surface area contributed by atoms with Crippen molar-refractivity contribution in [2.45, 2.75) is 45.9 Å². The van der Waals surface area contributed by atoms with Crippen molar-refractivity contribution in [1.29, 1.82) is 0 Å². The molecule has 21 heavy (non-hydrogen) atoms. The first-order valence-electron chi connectivity index (χ1n) is 7.33. The number of benzene rings is 1. The first-order valence-corrected chi connectivity index (χ1v) is 7.33. The minimum Gasteiger partial charge on any atom is -0.487 e. The molecule has 2 rings (SSSR count). The molecule has 2 N–H and O–H groups in total. The average molecular weight is 291 g/mol. The van der Waals surface area contributed by atoms with E-state index in [9.17, 15) is 4.39 Å². The molecule has 4 nitrogen and oxygen atoms in total. The highest BCUT2D eigenvalue weighted by atomic mass is 19.1. The van der Waals surface area contributed by atoms with Gasteiger partial charge in [-0.25, -0.2) is 4.39 Å². The fourth-order valence-electron chi connectivity index (χ4n) is 2.34. The molecule has 0 saturated carbocycles. The largest absolute Gasteiger partial charge is 0.487 e. The number of ether oxygens (including phenoxy) is 1. The molecule has 1 heterocycles. The Morgan fingerprint density at radius 2 is 2.05 bits per heavy atom. The van der Waals surface area contributed by atoms with Gasteiger partial charge in [0.1, 0.15) is 18.2 Å². The van der Waals surface area contributed by atoms with Crippen LogP contribution in [0.5, 0.6) is 5.75 Å². The lowest BCUT2D eigenvalue weighted by Gasteiger charge is -2.13. The van der Waals surface area contributed by atoms with Gasteiger partial charge in [0, 0.05) is 18.3 Å². The van der Waals surface area contributed by atoms with Gasteiger partial charge in [0.25, 0.3) is 0 Å². The summed E-state index contributed by atoms with van der Waals surface area (Å²) < 4.78 is 21.2. The molecular weight excluding hydrogens is 269 g/mol. The maximum absolute atomic E-state index is 13.6.